The number of nitrogens with zero attached hydrogens (tertiary/aromatic N) is 3. The maximum atomic E-state index is 12.0. The first-order chi connectivity index (χ1) is 12.3. The molecule has 4 heterocycles. The summed E-state index contributed by atoms with van der Waals surface area (Å²) in [6.07, 6.45) is 8.48. The summed E-state index contributed by atoms with van der Waals surface area (Å²) in [5.41, 5.74) is 3.66. The maximum absolute atomic E-state index is 12.0. The van der Waals surface area contributed by atoms with E-state index in [9.17, 15) is 4.79 Å². The zero-order valence-electron chi connectivity index (χ0n) is 14.1. The molecule has 0 aliphatic carbocycles. The molecule has 132 valence electrons. The van der Waals surface area contributed by atoms with Crippen LogP contribution in [0.5, 0.6) is 0 Å². The third kappa shape index (κ3) is 3.57. The van der Waals surface area contributed by atoms with Crippen molar-refractivity contribution < 1.29 is 14.1 Å². The molecule has 0 atom stereocenters. The lowest BCUT2D eigenvalue weighted by Gasteiger charge is -2.37. The molecular weight excluding hydrogens is 320 g/mol. The Hall–Kier alpha value is -2.25. The van der Waals surface area contributed by atoms with Gasteiger partial charge in [-0.15, -0.1) is 0 Å². The van der Waals surface area contributed by atoms with Crippen LogP contribution in [0, 0.1) is 0 Å². The number of pyridine rings is 1. The maximum Gasteiger partial charge on any atom is 0.290 e. The molecule has 4 rings (SSSR count). The van der Waals surface area contributed by atoms with Gasteiger partial charge in [-0.25, -0.2) is 0 Å². The minimum Gasteiger partial charge on any atom is -0.381 e. The minimum absolute atomic E-state index is 0.225. The summed E-state index contributed by atoms with van der Waals surface area (Å²) in [7, 11) is 0. The smallest absolute Gasteiger partial charge is 0.290 e. The quantitative estimate of drug-likeness (QED) is 0.908. The number of ether oxygens (including phenoxy) is 1. The lowest BCUT2D eigenvalue weighted by molar-refractivity contribution is 0.0289. The second-order valence-electron chi connectivity index (χ2n) is 6.56. The summed E-state index contributed by atoms with van der Waals surface area (Å²) in [6.45, 7) is 4.15. The topological polar surface area (TPSA) is 80.5 Å². The second-order valence-corrected chi connectivity index (χ2v) is 6.56. The van der Waals surface area contributed by atoms with Crippen LogP contribution in [0.1, 0.15) is 40.1 Å². The van der Waals surface area contributed by atoms with Crippen molar-refractivity contribution in [1.29, 1.82) is 0 Å². The summed E-state index contributed by atoms with van der Waals surface area (Å²) in [4.78, 5) is 18.9. The van der Waals surface area contributed by atoms with Gasteiger partial charge in [0.25, 0.3) is 5.91 Å². The highest BCUT2D eigenvalue weighted by atomic mass is 16.5. The fourth-order valence-corrected chi connectivity index (χ4v) is 3.70. The molecule has 7 nitrogen and oxygen atoms in total. The van der Waals surface area contributed by atoms with Crippen molar-refractivity contribution in [3.63, 3.8) is 0 Å². The van der Waals surface area contributed by atoms with Crippen LogP contribution in [0.4, 0.5) is 0 Å². The molecule has 1 saturated heterocycles. The van der Waals surface area contributed by atoms with E-state index in [1.807, 2.05) is 12.4 Å². The highest BCUT2D eigenvalue weighted by Crippen LogP contribution is 2.26. The van der Waals surface area contributed by atoms with Gasteiger partial charge in [-0.2, -0.15) is 0 Å². The zero-order valence-corrected chi connectivity index (χ0v) is 14.1. The third-order valence-corrected chi connectivity index (χ3v) is 5.07. The monoisotopic (exact) mass is 342 g/mol. The van der Waals surface area contributed by atoms with Crippen molar-refractivity contribution in [2.24, 2.45) is 0 Å². The average molecular weight is 342 g/mol. The van der Waals surface area contributed by atoms with E-state index in [4.69, 9.17) is 9.26 Å². The first-order valence-electron chi connectivity index (χ1n) is 8.76. The molecule has 0 spiro atoms. The molecule has 25 heavy (non-hydrogen) atoms. The molecule has 1 N–H and O–H groups in total. The summed E-state index contributed by atoms with van der Waals surface area (Å²) < 4.78 is 10.4. The van der Waals surface area contributed by atoms with Crippen LogP contribution < -0.4 is 5.32 Å². The highest BCUT2D eigenvalue weighted by Gasteiger charge is 2.26. The van der Waals surface area contributed by atoms with E-state index in [1.165, 1.54) is 17.3 Å². The van der Waals surface area contributed by atoms with Gasteiger partial charge in [0.05, 0.1) is 6.20 Å². The molecule has 2 aromatic rings. The molecule has 0 unspecified atom stereocenters. The van der Waals surface area contributed by atoms with Crippen LogP contribution in [0.25, 0.3) is 0 Å². The Morgan fingerprint density at radius 2 is 2.20 bits per heavy atom. The van der Waals surface area contributed by atoms with Crippen LogP contribution in [0.15, 0.2) is 29.2 Å². The predicted octanol–water partition coefficient (Wildman–Crippen LogP) is 1.54. The van der Waals surface area contributed by atoms with Crippen molar-refractivity contribution in [1.82, 2.24) is 20.4 Å². The number of amides is 1. The number of aromatic nitrogens is 2. The second kappa shape index (κ2) is 7.33. The summed E-state index contributed by atoms with van der Waals surface area (Å²) in [6, 6.07) is 2.16. The Kier molecular flexibility index (Phi) is 4.76. The van der Waals surface area contributed by atoms with Gasteiger partial charge in [-0.1, -0.05) is 5.16 Å². The Morgan fingerprint density at radius 3 is 3.00 bits per heavy atom. The van der Waals surface area contributed by atoms with E-state index in [0.29, 0.717) is 12.6 Å². The fourth-order valence-electron chi connectivity index (χ4n) is 3.70. The highest BCUT2D eigenvalue weighted by molar-refractivity contribution is 5.91. The number of carbonyl (C=O) groups is 1. The Morgan fingerprint density at radius 1 is 1.32 bits per heavy atom. The molecular formula is C18H22N4O3. The minimum atomic E-state index is -0.255. The van der Waals surface area contributed by atoms with Gasteiger partial charge in [-0.05, 0) is 36.0 Å². The van der Waals surface area contributed by atoms with Crippen LogP contribution in [0.2, 0.25) is 0 Å². The summed E-state index contributed by atoms with van der Waals surface area (Å²) in [5, 5.41) is 6.44. The number of hydrogen-bond donors (Lipinski definition) is 1. The molecule has 2 aliphatic heterocycles. The average Bonchev–Trinajstić information content (AvgIpc) is 3.21. The number of hydrogen-bond acceptors (Lipinski definition) is 6. The van der Waals surface area contributed by atoms with Crippen LogP contribution in [0.3, 0.4) is 0 Å². The van der Waals surface area contributed by atoms with Crippen LogP contribution in [-0.2, 0) is 24.2 Å². The predicted molar refractivity (Wildman–Crippen MR) is 89.9 cm³/mol. The standard InChI is InChI=1S/C18H22N4O3/c23-18(17-1-5-21-25-17)20-11-13-9-19-10-14-12-22(6-2-16(13)14)15-3-7-24-8-4-15/h1,5,9-10,15H,2-4,6-8,11-12H2,(H,20,23). The van der Waals surface area contributed by atoms with Gasteiger partial charge in [0.1, 0.15) is 0 Å². The van der Waals surface area contributed by atoms with E-state index in [2.05, 4.69) is 20.4 Å². The molecule has 1 amide bonds. The van der Waals surface area contributed by atoms with Crippen molar-refractivity contribution in [3.8, 4) is 0 Å². The Labute approximate surface area is 146 Å². The molecule has 2 aliphatic rings. The molecule has 0 bridgehead atoms. The summed E-state index contributed by atoms with van der Waals surface area (Å²) >= 11 is 0. The first kappa shape index (κ1) is 16.2. The van der Waals surface area contributed by atoms with Crippen molar-refractivity contribution in [3.05, 3.63) is 47.1 Å². The van der Waals surface area contributed by atoms with Crippen LogP contribution in [-0.4, -0.2) is 46.7 Å². The van der Waals surface area contributed by atoms with Crippen molar-refractivity contribution in [2.75, 3.05) is 19.8 Å². The van der Waals surface area contributed by atoms with Gasteiger partial charge >= 0.3 is 0 Å². The Balaban J connectivity index is 1.43. The lowest BCUT2D eigenvalue weighted by Crippen LogP contribution is -2.42. The molecule has 1 fully saturated rings. The third-order valence-electron chi connectivity index (χ3n) is 5.07. The normalized spacial score (nSPS) is 18.7. The molecule has 0 saturated carbocycles. The van der Waals surface area contributed by atoms with Gasteiger partial charge in [0.2, 0.25) is 5.76 Å². The molecule has 7 heteroatoms. The Bertz CT molecular complexity index is 726. The SMILES string of the molecule is O=C(NCc1cncc2c1CCN(C1CCOCC1)C2)c1ccno1. The largest absolute Gasteiger partial charge is 0.381 e. The number of fused-ring (bicyclic) bond motifs is 1. The van der Waals surface area contributed by atoms with E-state index >= 15 is 0 Å². The summed E-state index contributed by atoms with van der Waals surface area (Å²) in [5.74, 6) is -0.0294. The van der Waals surface area contributed by atoms with Gasteiger partial charge in [0, 0.05) is 57.3 Å². The number of carbonyl (C=O) groups excluding carboxylic acids is 1. The van der Waals surface area contributed by atoms with E-state index in [0.717, 1.165) is 51.1 Å². The fraction of sp³-hybridized carbons (Fsp3) is 0.500. The van der Waals surface area contributed by atoms with E-state index in [1.54, 1.807) is 6.07 Å². The van der Waals surface area contributed by atoms with Gasteiger partial charge in [-0.3, -0.25) is 14.7 Å². The molecule has 0 aromatic carbocycles. The van der Waals surface area contributed by atoms with E-state index in [-0.39, 0.29) is 11.7 Å². The van der Waals surface area contributed by atoms with E-state index < -0.39 is 0 Å². The molecule has 2 aromatic heterocycles. The molecule has 0 radical (unpaired) electrons. The van der Waals surface area contributed by atoms with Crippen molar-refractivity contribution in [2.45, 2.75) is 38.4 Å². The lowest BCUT2D eigenvalue weighted by atomic mass is 9.94. The first-order valence-corrected chi connectivity index (χ1v) is 8.76. The van der Waals surface area contributed by atoms with Crippen LogP contribution >= 0.6 is 0 Å². The number of rotatable bonds is 4. The number of nitrogens with one attached hydrogen (secondary N) is 1. The van der Waals surface area contributed by atoms with Gasteiger partial charge in [0.15, 0.2) is 0 Å². The zero-order chi connectivity index (χ0) is 17.1. The van der Waals surface area contributed by atoms with Gasteiger partial charge < -0.3 is 14.6 Å². The van der Waals surface area contributed by atoms with Crippen molar-refractivity contribution >= 4 is 5.91 Å².